The van der Waals surface area contributed by atoms with E-state index in [9.17, 15) is 22.8 Å². The normalized spacial score (nSPS) is 11.4. The number of thioether (sulfide) groups is 1. The molecular formula is C22H20N6O6S2. The minimum absolute atomic E-state index is 0.0503. The van der Waals surface area contributed by atoms with Crippen LogP contribution in [0.5, 0.6) is 0 Å². The van der Waals surface area contributed by atoms with Gasteiger partial charge in [-0.05, 0) is 55.5 Å². The van der Waals surface area contributed by atoms with Crippen LogP contribution >= 0.6 is 11.8 Å². The number of hydrogen-bond donors (Lipinski definition) is 3. The van der Waals surface area contributed by atoms with Crippen molar-refractivity contribution in [2.75, 3.05) is 17.7 Å². The summed E-state index contributed by atoms with van der Waals surface area (Å²) in [5, 5.41) is 12.4. The molecule has 0 aliphatic rings. The highest BCUT2D eigenvalue weighted by atomic mass is 32.2. The van der Waals surface area contributed by atoms with Gasteiger partial charge in [0.1, 0.15) is 5.39 Å². The average Bonchev–Trinajstić information content (AvgIpc) is 3.27. The molecule has 4 rings (SSSR count). The Balaban J connectivity index is 1.47. The summed E-state index contributed by atoms with van der Waals surface area (Å²) < 4.78 is 29.3. The molecule has 14 heteroatoms. The van der Waals surface area contributed by atoms with Crippen LogP contribution in [-0.2, 0) is 19.6 Å². The van der Waals surface area contributed by atoms with Crippen molar-refractivity contribution in [2.45, 2.75) is 17.0 Å². The van der Waals surface area contributed by atoms with E-state index in [0.717, 1.165) is 11.8 Å². The Morgan fingerprint density at radius 1 is 1.14 bits per heavy atom. The van der Waals surface area contributed by atoms with Gasteiger partial charge in [0.25, 0.3) is 5.56 Å². The number of nitrogens with one attached hydrogen (secondary N) is 2. The summed E-state index contributed by atoms with van der Waals surface area (Å²) in [6, 6.07) is 11.9. The molecule has 2 aromatic carbocycles. The molecule has 2 aromatic heterocycles. The van der Waals surface area contributed by atoms with Crippen LogP contribution in [-0.4, -0.2) is 52.4 Å². The topological polar surface area (TPSA) is 179 Å². The summed E-state index contributed by atoms with van der Waals surface area (Å²) in [5.41, 5.74) is 1.13. The number of hydrogen-bond acceptors (Lipinski definition) is 9. The van der Waals surface area contributed by atoms with Gasteiger partial charge in [-0.25, -0.2) is 28.0 Å². The van der Waals surface area contributed by atoms with Crippen LogP contribution in [0, 0.1) is 0 Å². The maximum atomic E-state index is 12.5. The summed E-state index contributed by atoms with van der Waals surface area (Å²) in [7, 11) is -3.85. The van der Waals surface area contributed by atoms with Crippen LogP contribution in [0.1, 0.15) is 17.3 Å². The van der Waals surface area contributed by atoms with Crippen LogP contribution in [0.2, 0.25) is 0 Å². The van der Waals surface area contributed by atoms with Gasteiger partial charge in [-0.3, -0.25) is 9.59 Å². The minimum atomic E-state index is -3.85. The molecule has 0 bridgehead atoms. The minimum Gasteiger partial charge on any atom is -0.462 e. The third-order valence-electron chi connectivity index (χ3n) is 4.85. The molecule has 0 saturated carbocycles. The van der Waals surface area contributed by atoms with Gasteiger partial charge in [0.15, 0.2) is 10.8 Å². The molecule has 0 saturated heterocycles. The Labute approximate surface area is 208 Å². The van der Waals surface area contributed by atoms with E-state index < -0.39 is 21.6 Å². The van der Waals surface area contributed by atoms with Gasteiger partial charge >= 0.3 is 5.97 Å². The van der Waals surface area contributed by atoms with Crippen molar-refractivity contribution >= 4 is 50.4 Å². The van der Waals surface area contributed by atoms with Crippen LogP contribution in [0.25, 0.3) is 16.7 Å². The average molecular weight is 529 g/mol. The van der Waals surface area contributed by atoms with Crippen molar-refractivity contribution in [1.29, 1.82) is 0 Å². The number of sulfonamides is 1. The molecule has 2 heterocycles. The summed E-state index contributed by atoms with van der Waals surface area (Å²) in [4.78, 5) is 43.6. The third-order valence-corrected chi connectivity index (χ3v) is 6.65. The van der Waals surface area contributed by atoms with Crippen molar-refractivity contribution in [3.63, 3.8) is 0 Å². The van der Waals surface area contributed by atoms with Crippen LogP contribution in [0.4, 0.5) is 5.69 Å². The van der Waals surface area contributed by atoms with Crippen molar-refractivity contribution < 1.29 is 22.7 Å². The fourth-order valence-corrected chi connectivity index (χ4v) is 4.34. The molecule has 12 nitrogen and oxygen atoms in total. The number of primary sulfonamides is 1. The Hall–Kier alpha value is -4.01. The molecule has 0 aliphatic carbocycles. The van der Waals surface area contributed by atoms with E-state index in [0.29, 0.717) is 16.9 Å². The van der Waals surface area contributed by atoms with Gasteiger partial charge in [0, 0.05) is 5.69 Å². The maximum absolute atomic E-state index is 12.5. The van der Waals surface area contributed by atoms with E-state index in [-0.39, 0.29) is 39.4 Å². The van der Waals surface area contributed by atoms with Gasteiger partial charge < -0.3 is 15.0 Å². The number of rotatable bonds is 8. The fourth-order valence-electron chi connectivity index (χ4n) is 3.17. The van der Waals surface area contributed by atoms with Crippen molar-refractivity contribution in [3.8, 4) is 5.69 Å². The number of nitrogens with zero attached hydrogens (tertiary/aromatic N) is 3. The zero-order chi connectivity index (χ0) is 25.9. The number of aromatic amines is 1. The van der Waals surface area contributed by atoms with Crippen LogP contribution in [0.3, 0.4) is 0 Å². The quantitative estimate of drug-likeness (QED) is 0.174. The zero-order valence-electron chi connectivity index (χ0n) is 18.8. The molecule has 0 radical (unpaired) electrons. The summed E-state index contributed by atoms with van der Waals surface area (Å²) in [6.45, 7) is 1.98. The number of fused-ring (bicyclic) bond motifs is 1. The Bertz CT molecular complexity index is 1600. The van der Waals surface area contributed by atoms with Crippen LogP contribution < -0.4 is 16.0 Å². The smallest absolute Gasteiger partial charge is 0.338 e. The number of nitrogens with two attached hydrogens (primary N) is 1. The number of anilines is 1. The van der Waals surface area contributed by atoms with Gasteiger partial charge in [0.2, 0.25) is 15.9 Å². The second-order valence-corrected chi connectivity index (χ2v) is 9.86. The lowest BCUT2D eigenvalue weighted by Crippen LogP contribution is -2.16. The number of benzene rings is 2. The Kier molecular flexibility index (Phi) is 7.19. The summed E-state index contributed by atoms with van der Waals surface area (Å²) in [5.74, 6) is -0.847. The molecular weight excluding hydrogens is 508 g/mol. The second-order valence-electron chi connectivity index (χ2n) is 7.34. The first-order valence-corrected chi connectivity index (χ1v) is 13.0. The predicted octanol–water partition coefficient (Wildman–Crippen LogP) is 1.66. The molecule has 1 amide bonds. The van der Waals surface area contributed by atoms with Gasteiger partial charge in [-0.1, -0.05) is 11.8 Å². The SMILES string of the molecule is CCOC(=O)c1ccc(NC(=O)CSc2nc3c(cnn3-c3ccc(S(N)(=O)=O)cc3)c(=O)[nH]2)cc1. The monoisotopic (exact) mass is 528 g/mol. The lowest BCUT2D eigenvalue weighted by Gasteiger charge is -2.07. The summed E-state index contributed by atoms with van der Waals surface area (Å²) >= 11 is 1.01. The number of carbonyl (C=O) groups is 2. The zero-order valence-corrected chi connectivity index (χ0v) is 20.4. The van der Waals surface area contributed by atoms with E-state index in [1.165, 1.54) is 35.1 Å². The number of aromatic nitrogens is 4. The van der Waals surface area contributed by atoms with Crippen LogP contribution in [0.15, 0.2) is 69.6 Å². The largest absolute Gasteiger partial charge is 0.462 e. The van der Waals surface area contributed by atoms with E-state index in [1.807, 2.05) is 0 Å². The first-order chi connectivity index (χ1) is 17.2. The Morgan fingerprint density at radius 2 is 1.83 bits per heavy atom. The van der Waals surface area contributed by atoms with E-state index in [1.54, 1.807) is 31.2 Å². The number of esters is 1. The second kappa shape index (κ2) is 10.3. The molecule has 0 unspecified atom stereocenters. The third kappa shape index (κ3) is 5.62. The number of H-pyrrole nitrogens is 1. The summed E-state index contributed by atoms with van der Waals surface area (Å²) in [6.07, 6.45) is 1.34. The molecule has 4 N–H and O–H groups in total. The molecule has 186 valence electrons. The van der Waals surface area contributed by atoms with E-state index in [2.05, 4.69) is 20.4 Å². The standard InChI is InChI=1S/C22H20N6O6S2/c1-2-34-21(31)13-3-5-14(6-4-13)25-18(29)12-35-22-26-19-17(20(30)27-22)11-24-28(19)15-7-9-16(10-8-15)36(23,32)33/h3-11H,2,12H2,1H3,(H,25,29)(H2,23,32,33)(H,26,27,30). The van der Waals surface area contributed by atoms with Gasteiger partial charge in [-0.2, -0.15) is 5.10 Å². The fraction of sp³-hybridized carbons (Fsp3) is 0.136. The van der Waals surface area contributed by atoms with Crippen molar-refractivity contribution in [1.82, 2.24) is 19.7 Å². The first kappa shape index (κ1) is 25.1. The highest BCUT2D eigenvalue weighted by molar-refractivity contribution is 7.99. The molecule has 36 heavy (non-hydrogen) atoms. The lowest BCUT2D eigenvalue weighted by atomic mass is 10.2. The number of amides is 1. The Morgan fingerprint density at radius 3 is 2.47 bits per heavy atom. The first-order valence-electron chi connectivity index (χ1n) is 10.5. The lowest BCUT2D eigenvalue weighted by molar-refractivity contribution is -0.113. The molecule has 0 atom stereocenters. The maximum Gasteiger partial charge on any atom is 0.338 e. The van der Waals surface area contributed by atoms with E-state index in [4.69, 9.17) is 9.88 Å². The molecule has 0 fully saturated rings. The number of carbonyl (C=O) groups excluding carboxylic acids is 2. The predicted molar refractivity (Wildman–Crippen MR) is 133 cm³/mol. The molecule has 0 aliphatic heterocycles. The molecule has 4 aromatic rings. The van der Waals surface area contributed by atoms with Gasteiger partial charge in [-0.15, -0.1) is 0 Å². The van der Waals surface area contributed by atoms with Gasteiger partial charge in [0.05, 0.1) is 34.7 Å². The number of ether oxygens (including phenoxy) is 1. The van der Waals surface area contributed by atoms with Crippen molar-refractivity contribution in [2.24, 2.45) is 5.14 Å². The molecule has 0 spiro atoms. The van der Waals surface area contributed by atoms with Crippen molar-refractivity contribution in [3.05, 3.63) is 70.6 Å². The van der Waals surface area contributed by atoms with E-state index >= 15 is 0 Å². The highest BCUT2D eigenvalue weighted by Gasteiger charge is 2.15. The highest BCUT2D eigenvalue weighted by Crippen LogP contribution is 2.19.